The number of amides is 2. The van der Waals surface area contributed by atoms with Crippen molar-refractivity contribution in [3.05, 3.63) is 64.4 Å². The molecule has 2 heterocycles. The summed E-state index contributed by atoms with van der Waals surface area (Å²) in [6.07, 6.45) is 3.76. The lowest BCUT2D eigenvalue weighted by Gasteiger charge is -2.34. The monoisotopic (exact) mass is 444 g/mol. The van der Waals surface area contributed by atoms with E-state index in [1.807, 2.05) is 0 Å². The van der Waals surface area contributed by atoms with E-state index in [9.17, 15) is 9.59 Å². The van der Waals surface area contributed by atoms with Crippen molar-refractivity contribution < 1.29 is 9.59 Å². The van der Waals surface area contributed by atoms with Crippen molar-refractivity contribution in [2.45, 2.75) is 25.3 Å². The highest BCUT2D eigenvalue weighted by molar-refractivity contribution is 6.42. The van der Waals surface area contributed by atoms with Gasteiger partial charge in [0.15, 0.2) is 0 Å². The zero-order chi connectivity index (χ0) is 21.1. The van der Waals surface area contributed by atoms with E-state index in [1.165, 1.54) is 11.0 Å². The molecular formula is C20H18Cl2N6O2. The van der Waals surface area contributed by atoms with Gasteiger partial charge in [0, 0.05) is 17.8 Å². The first kappa shape index (κ1) is 20.3. The Morgan fingerprint density at radius 2 is 1.93 bits per heavy atom. The Morgan fingerprint density at radius 3 is 2.70 bits per heavy atom. The van der Waals surface area contributed by atoms with Crippen molar-refractivity contribution in [2.24, 2.45) is 0 Å². The lowest BCUT2D eigenvalue weighted by molar-refractivity contribution is -0.121. The summed E-state index contributed by atoms with van der Waals surface area (Å²) in [5.41, 5.74) is 1.67. The van der Waals surface area contributed by atoms with Gasteiger partial charge in [0.1, 0.15) is 12.4 Å². The van der Waals surface area contributed by atoms with Gasteiger partial charge in [-0.1, -0.05) is 29.3 Å². The molecule has 0 aliphatic carbocycles. The van der Waals surface area contributed by atoms with Crippen LogP contribution in [0.15, 0.2) is 48.8 Å². The number of carbonyl (C=O) groups is 2. The highest BCUT2D eigenvalue weighted by atomic mass is 35.5. The number of likely N-dealkylation sites (tertiary alicyclic amines) is 1. The van der Waals surface area contributed by atoms with E-state index in [1.54, 1.807) is 47.4 Å². The minimum absolute atomic E-state index is 0.209. The number of nitrogens with zero attached hydrogens (tertiary/aromatic N) is 5. The first-order valence-electron chi connectivity index (χ1n) is 9.43. The number of halogens is 2. The molecule has 0 spiro atoms. The van der Waals surface area contributed by atoms with Crippen molar-refractivity contribution >= 4 is 40.7 Å². The minimum Gasteiger partial charge on any atom is -0.327 e. The molecular weight excluding hydrogens is 427 g/mol. The molecule has 30 heavy (non-hydrogen) atoms. The number of hydrogen-bond acceptors (Lipinski definition) is 5. The molecule has 1 atom stereocenters. The summed E-state index contributed by atoms with van der Waals surface area (Å²) in [5, 5.41) is 14.7. The lowest BCUT2D eigenvalue weighted by atomic mass is 9.99. The van der Waals surface area contributed by atoms with Crippen LogP contribution in [0.5, 0.6) is 0 Å². The van der Waals surface area contributed by atoms with Crippen LogP contribution in [0.3, 0.4) is 0 Å². The number of nitrogens with one attached hydrogen (secondary N) is 1. The van der Waals surface area contributed by atoms with Crippen molar-refractivity contribution in [1.29, 1.82) is 0 Å². The summed E-state index contributed by atoms with van der Waals surface area (Å²) < 4.78 is 1.47. The molecule has 2 aromatic carbocycles. The quantitative estimate of drug-likeness (QED) is 0.663. The fraction of sp³-hybridized carbons (Fsp3) is 0.250. The van der Waals surface area contributed by atoms with E-state index >= 15 is 0 Å². The number of benzene rings is 2. The second-order valence-electron chi connectivity index (χ2n) is 6.93. The van der Waals surface area contributed by atoms with Gasteiger partial charge < -0.3 is 10.2 Å². The molecule has 1 N–H and O–H groups in total. The molecule has 1 unspecified atom stereocenters. The van der Waals surface area contributed by atoms with Crippen LogP contribution in [0, 0.1) is 0 Å². The molecule has 3 aromatic rings. The standard InChI is InChI=1S/C20H18Cl2N6O2/c21-16-8-7-14(11-17(16)22)24-19(29)18-6-1-2-9-27(18)20(30)13-4-3-5-15(10-13)28-12-23-25-26-28/h3-5,7-8,10-12,18H,1-2,6,9H2,(H,24,29). The maximum absolute atomic E-state index is 13.2. The Hall–Kier alpha value is -2.97. The van der Waals surface area contributed by atoms with Crippen LogP contribution in [0.1, 0.15) is 29.6 Å². The van der Waals surface area contributed by atoms with Crippen molar-refractivity contribution in [3.8, 4) is 5.69 Å². The van der Waals surface area contributed by atoms with Crippen LogP contribution >= 0.6 is 23.2 Å². The minimum atomic E-state index is -0.572. The van der Waals surface area contributed by atoms with Gasteiger partial charge >= 0.3 is 0 Å². The first-order chi connectivity index (χ1) is 14.5. The molecule has 8 nitrogen and oxygen atoms in total. The summed E-state index contributed by atoms with van der Waals surface area (Å²) in [5.74, 6) is -0.461. The Morgan fingerprint density at radius 1 is 1.07 bits per heavy atom. The van der Waals surface area contributed by atoms with Crippen LogP contribution in [0.2, 0.25) is 10.0 Å². The van der Waals surface area contributed by atoms with Gasteiger partial charge in [-0.15, -0.1) is 5.10 Å². The SMILES string of the molecule is O=C(Nc1ccc(Cl)c(Cl)c1)C1CCCCN1C(=O)c1cccc(-n2cnnn2)c1. The van der Waals surface area contributed by atoms with E-state index in [-0.39, 0.29) is 11.8 Å². The average molecular weight is 445 g/mol. The van der Waals surface area contributed by atoms with Gasteiger partial charge in [0.2, 0.25) is 5.91 Å². The number of carbonyl (C=O) groups excluding carboxylic acids is 2. The van der Waals surface area contributed by atoms with Gasteiger partial charge in [0.05, 0.1) is 15.7 Å². The fourth-order valence-corrected chi connectivity index (χ4v) is 3.77. The van der Waals surface area contributed by atoms with Crippen molar-refractivity contribution in [1.82, 2.24) is 25.1 Å². The molecule has 1 saturated heterocycles. The summed E-state index contributed by atoms with van der Waals surface area (Å²) in [6, 6.07) is 11.3. The predicted molar refractivity (Wildman–Crippen MR) is 113 cm³/mol. The number of rotatable bonds is 4. The smallest absolute Gasteiger partial charge is 0.254 e. The van der Waals surface area contributed by atoms with E-state index in [4.69, 9.17) is 23.2 Å². The van der Waals surface area contributed by atoms with E-state index < -0.39 is 6.04 Å². The normalized spacial score (nSPS) is 16.3. The molecule has 4 rings (SSSR count). The molecule has 2 amide bonds. The number of anilines is 1. The molecule has 1 fully saturated rings. The van der Waals surface area contributed by atoms with Gasteiger partial charge in [-0.25, -0.2) is 4.68 Å². The number of aromatic nitrogens is 4. The summed E-state index contributed by atoms with van der Waals surface area (Å²) in [7, 11) is 0. The molecule has 1 aliphatic rings. The zero-order valence-corrected chi connectivity index (χ0v) is 17.3. The second-order valence-corrected chi connectivity index (χ2v) is 7.75. The number of hydrogen-bond donors (Lipinski definition) is 1. The van der Waals surface area contributed by atoms with Crippen LogP contribution in [-0.4, -0.2) is 49.5 Å². The average Bonchev–Trinajstić information content (AvgIpc) is 3.31. The van der Waals surface area contributed by atoms with Gasteiger partial charge in [0.25, 0.3) is 5.91 Å². The third-order valence-corrected chi connectivity index (χ3v) is 5.70. The van der Waals surface area contributed by atoms with E-state index in [0.29, 0.717) is 39.9 Å². The molecule has 0 bridgehead atoms. The summed E-state index contributed by atoms with van der Waals surface area (Å²) >= 11 is 12.0. The lowest BCUT2D eigenvalue weighted by Crippen LogP contribution is -2.50. The molecule has 10 heteroatoms. The number of piperidine rings is 1. The van der Waals surface area contributed by atoms with E-state index in [0.717, 1.165) is 12.8 Å². The third-order valence-electron chi connectivity index (χ3n) is 4.96. The Labute approximate surface area is 182 Å². The predicted octanol–water partition coefficient (Wildman–Crippen LogP) is 3.60. The van der Waals surface area contributed by atoms with E-state index in [2.05, 4.69) is 20.8 Å². The Bertz CT molecular complexity index is 1070. The third kappa shape index (κ3) is 4.29. The van der Waals surface area contributed by atoms with Gasteiger partial charge in [-0.2, -0.15) is 0 Å². The molecule has 0 saturated carbocycles. The second kappa shape index (κ2) is 8.81. The molecule has 1 aromatic heterocycles. The maximum Gasteiger partial charge on any atom is 0.254 e. The highest BCUT2D eigenvalue weighted by Gasteiger charge is 2.33. The van der Waals surface area contributed by atoms with Gasteiger partial charge in [-0.3, -0.25) is 9.59 Å². The topological polar surface area (TPSA) is 93.0 Å². The molecule has 1 aliphatic heterocycles. The maximum atomic E-state index is 13.2. The van der Waals surface area contributed by atoms with Crippen LogP contribution < -0.4 is 5.32 Å². The largest absolute Gasteiger partial charge is 0.327 e. The van der Waals surface area contributed by atoms with Crippen molar-refractivity contribution in [3.63, 3.8) is 0 Å². The van der Waals surface area contributed by atoms with Crippen LogP contribution in [0.4, 0.5) is 5.69 Å². The highest BCUT2D eigenvalue weighted by Crippen LogP contribution is 2.26. The fourth-order valence-electron chi connectivity index (χ4n) is 3.47. The Kier molecular flexibility index (Phi) is 5.96. The summed E-state index contributed by atoms with van der Waals surface area (Å²) in [4.78, 5) is 27.8. The molecule has 0 radical (unpaired) electrons. The van der Waals surface area contributed by atoms with Crippen molar-refractivity contribution in [2.75, 3.05) is 11.9 Å². The molecule has 154 valence electrons. The number of tetrazole rings is 1. The van der Waals surface area contributed by atoms with Crippen LogP contribution in [0.25, 0.3) is 5.69 Å². The zero-order valence-electron chi connectivity index (χ0n) is 15.8. The Balaban J connectivity index is 1.54. The van der Waals surface area contributed by atoms with Crippen LogP contribution in [-0.2, 0) is 4.79 Å². The summed E-state index contributed by atoms with van der Waals surface area (Å²) in [6.45, 7) is 0.507. The van der Waals surface area contributed by atoms with Gasteiger partial charge in [-0.05, 0) is 66.1 Å². The first-order valence-corrected chi connectivity index (χ1v) is 10.2.